The molecule has 6 heterocycles. The number of fused-ring (bicyclic) bond motifs is 13. The molecule has 4 atom stereocenters. The predicted octanol–water partition coefficient (Wildman–Crippen LogP) is 6.57. The number of hydrogen-bond donors (Lipinski definition) is 5. The first kappa shape index (κ1) is 51.3. The molecule has 16 nitrogen and oxygen atoms in total. The largest absolute Gasteiger partial charge is 0.507 e. The molecule has 0 aliphatic carbocycles. The Morgan fingerprint density at radius 1 is 0.944 bits per heavy atom. The second-order valence-electron chi connectivity index (χ2n) is 20.7. The number of carbonyl (C=O) groups excluding carboxylic acids is 4. The van der Waals surface area contributed by atoms with Crippen LogP contribution in [-0.2, 0) is 30.4 Å². The summed E-state index contributed by atoms with van der Waals surface area (Å²) in [4.78, 5) is 70.1. The van der Waals surface area contributed by atoms with Gasteiger partial charge in [-0.3, -0.25) is 34.1 Å². The van der Waals surface area contributed by atoms with Crippen LogP contribution in [-0.4, -0.2) is 111 Å². The number of amides is 2. The third-order valence-electron chi connectivity index (χ3n) is 14.4. The first-order valence-electron chi connectivity index (χ1n) is 25.3. The van der Waals surface area contributed by atoms with E-state index in [2.05, 4.69) is 46.4 Å². The maximum atomic E-state index is 14.7. The minimum Gasteiger partial charge on any atom is -0.507 e. The van der Waals surface area contributed by atoms with Crippen molar-refractivity contribution in [2.45, 2.75) is 142 Å². The van der Waals surface area contributed by atoms with Crippen LogP contribution in [0.2, 0.25) is 0 Å². The van der Waals surface area contributed by atoms with Crippen molar-refractivity contribution in [1.29, 1.82) is 0 Å². The second-order valence-corrected chi connectivity index (χ2v) is 20.7. The molecule has 0 saturated carbocycles. The zero-order valence-corrected chi connectivity index (χ0v) is 42.0. The van der Waals surface area contributed by atoms with Crippen LogP contribution in [0.15, 0.2) is 76.5 Å². The van der Waals surface area contributed by atoms with Crippen molar-refractivity contribution < 1.29 is 48.7 Å². The number of ketones is 1. The van der Waals surface area contributed by atoms with Gasteiger partial charge < -0.3 is 45.1 Å². The van der Waals surface area contributed by atoms with Gasteiger partial charge >= 0.3 is 11.8 Å². The lowest BCUT2D eigenvalue weighted by molar-refractivity contribution is -0.153. The fourth-order valence-corrected chi connectivity index (χ4v) is 10.4. The molecule has 0 radical (unpaired) electrons. The van der Waals surface area contributed by atoms with Crippen LogP contribution in [0.4, 0.5) is 5.69 Å². The van der Waals surface area contributed by atoms with Gasteiger partial charge in [0, 0.05) is 88.0 Å². The van der Waals surface area contributed by atoms with E-state index in [0.717, 1.165) is 52.1 Å². The molecule has 5 N–H and O–H groups in total. The number of carbonyl (C=O) groups is 4. The van der Waals surface area contributed by atoms with Crippen LogP contribution in [0, 0.1) is 18.8 Å². The van der Waals surface area contributed by atoms with Crippen molar-refractivity contribution in [2.75, 3.05) is 38.0 Å². The number of phenols is 2. The minimum atomic E-state index is -1.90. The first-order valence-corrected chi connectivity index (χ1v) is 25.3. The maximum absolute atomic E-state index is 14.7. The Hall–Kier alpha value is -6.10. The summed E-state index contributed by atoms with van der Waals surface area (Å²) in [5.74, 6) is -4.35. The summed E-state index contributed by atoms with van der Waals surface area (Å²) in [5, 5.41) is 41.7. The zero-order chi connectivity index (χ0) is 50.6. The van der Waals surface area contributed by atoms with Gasteiger partial charge in [0.2, 0.25) is 5.91 Å². The lowest BCUT2D eigenvalue weighted by Crippen LogP contribution is -2.44. The van der Waals surface area contributed by atoms with Crippen molar-refractivity contribution in [1.82, 2.24) is 15.1 Å². The summed E-state index contributed by atoms with van der Waals surface area (Å²) < 4.78 is 18.3. The molecule has 3 unspecified atom stereocenters. The SMILES string of the molecule is C/C1=C/C=C/C(C)CCC(O)C[C@H](OC(=O)CC(=O)NC2CCN(Cc3ccccc3)CC2)CC/C=C/OC2(C)Oc3c(C)c(O)c4c(O)c(c5c(c4c3C2=O)=NC2(CCN(CC(C)C)CC2)N=5)NC1=O. The number of aliphatic hydroxyl groups is 1. The van der Waals surface area contributed by atoms with Crippen molar-refractivity contribution in [3.05, 3.63) is 93.9 Å². The Bertz CT molecular complexity index is 2740. The molecule has 6 aliphatic rings. The van der Waals surface area contributed by atoms with E-state index in [0.29, 0.717) is 43.6 Å². The van der Waals surface area contributed by atoms with Crippen molar-refractivity contribution in [3.8, 4) is 17.2 Å². The molecule has 71 heavy (non-hydrogen) atoms. The molecule has 3 aromatic rings. The average molecular weight is 975 g/mol. The smallest absolute Gasteiger partial charge is 0.315 e. The molecule has 2 saturated heterocycles. The van der Waals surface area contributed by atoms with Gasteiger partial charge in [0.1, 0.15) is 35.1 Å². The normalized spacial score (nSPS) is 26.1. The number of phenolic OH excluding ortho intramolecular Hbond substituents is 2. The fraction of sp³-hybridized carbons (Fsp3) is 0.527. The third-order valence-corrected chi connectivity index (χ3v) is 14.4. The van der Waals surface area contributed by atoms with Crippen LogP contribution in [0.25, 0.3) is 10.8 Å². The number of nitrogens with zero attached hydrogens (tertiary/aromatic N) is 4. The van der Waals surface area contributed by atoms with E-state index < -0.39 is 59.4 Å². The Balaban J connectivity index is 1.03. The zero-order valence-electron chi connectivity index (χ0n) is 42.0. The Labute approximate surface area is 415 Å². The fourth-order valence-electron chi connectivity index (χ4n) is 10.4. The summed E-state index contributed by atoms with van der Waals surface area (Å²) in [6.45, 7) is 15.9. The number of hydrogen-bond acceptors (Lipinski definition) is 14. The van der Waals surface area contributed by atoms with E-state index in [1.165, 1.54) is 18.7 Å². The van der Waals surface area contributed by atoms with Crippen molar-refractivity contribution in [3.63, 3.8) is 0 Å². The van der Waals surface area contributed by atoms with Gasteiger partial charge in [0.25, 0.3) is 11.7 Å². The molecule has 380 valence electrons. The number of nitrogens with one attached hydrogen (secondary N) is 2. The molecule has 9 rings (SSSR count). The van der Waals surface area contributed by atoms with Gasteiger partial charge in [-0.15, -0.1) is 0 Å². The highest BCUT2D eigenvalue weighted by molar-refractivity contribution is 6.19. The molecule has 16 heteroatoms. The number of ether oxygens (including phenoxy) is 3. The number of likely N-dealkylation sites (tertiary alicyclic amines) is 2. The Morgan fingerprint density at radius 3 is 2.38 bits per heavy atom. The van der Waals surface area contributed by atoms with Crippen LogP contribution < -0.4 is 26.1 Å². The topological polar surface area (TPSA) is 212 Å². The summed E-state index contributed by atoms with van der Waals surface area (Å²) in [6.07, 6.45) is 10.7. The third kappa shape index (κ3) is 11.7. The molecule has 5 bridgehead atoms. The van der Waals surface area contributed by atoms with Crippen molar-refractivity contribution >= 4 is 40.0 Å². The predicted molar refractivity (Wildman–Crippen MR) is 268 cm³/mol. The van der Waals surface area contributed by atoms with E-state index in [-0.39, 0.29) is 74.6 Å². The number of aliphatic hydroxyl groups excluding tert-OH is 1. The van der Waals surface area contributed by atoms with Crippen LogP contribution in [0.5, 0.6) is 17.2 Å². The standard InChI is InChI=1S/C55H70N6O10/c1-33(2)31-61-26-22-55(23-27-61)58-46-43-44-49(65)36(5)51-45(43)52(67)54(6,71-51)69-28-11-10-17-40(70-42(64)30-41(63)56-38-20-24-60(25-21-38)32-37-15-8-7-9-16-37)29-39(62)19-18-34(3)13-12-14-35(4)53(68)57-48(50(44)66)47(46)59-55/h7-9,11-16,28,33-34,38-40,62,65-66H,10,17-27,29-32H2,1-6H3,(H,56,63)(H,57,68)/b13-12+,28-11+,35-14-/t34?,39?,40-,54?/m1/s1. The molecule has 2 amide bonds. The molecule has 3 aromatic carbocycles. The Kier molecular flexibility index (Phi) is 15.7. The van der Waals surface area contributed by atoms with Crippen LogP contribution >= 0.6 is 0 Å². The summed E-state index contributed by atoms with van der Waals surface area (Å²) in [5.41, 5.74) is 0.853. The van der Waals surface area contributed by atoms with Gasteiger partial charge in [-0.25, -0.2) is 0 Å². The second kappa shape index (κ2) is 21.7. The lowest BCUT2D eigenvalue weighted by Gasteiger charge is -2.36. The number of anilines is 1. The van der Waals surface area contributed by atoms with E-state index in [1.807, 2.05) is 31.2 Å². The minimum absolute atomic E-state index is 0.00710. The number of allylic oxidation sites excluding steroid dienone is 4. The average Bonchev–Trinajstić information content (AvgIpc) is 3.83. The van der Waals surface area contributed by atoms with Gasteiger partial charge in [0.05, 0.1) is 28.7 Å². The van der Waals surface area contributed by atoms with Gasteiger partial charge in [-0.2, -0.15) is 0 Å². The molecule has 0 aromatic heterocycles. The number of esters is 1. The molecule has 2 fully saturated rings. The highest BCUT2D eigenvalue weighted by Gasteiger charge is 2.50. The number of piperidine rings is 2. The summed E-state index contributed by atoms with van der Waals surface area (Å²) in [7, 11) is 0. The monoisotopic (exact) mass is 975 g/mol. The molecular formula is C55H70N6O10. The number of aromatic hydroxyl groups is 2. The number of rotatable bonds is 8. The highest BCUT2D eigenvalue weighted by Crippen LogP contribution is 2.50. The maximum Gasteiger partial charge on any atom is 0.315 e. The number of benzene rings is 3. The molecular weight excluding hydrogens is 905 g/mol. The van der Waals surface area contributed by atoms with E-state index >= 15 is 0 Å². The van der Waals surface area contributed by atoms with E-state index in [1.54, 1.807) is 32.1 Å². The van der Waals surface area contributed by atoms with E-state index in [9.17, 15) is 34.5 Å². The molecule has 1 spiro atoms. The van der Waals surface area contributed by atoms with Crippen LogP contribution in [0.1, 0.15) is 120 Å². The summed E-state index contributed by atoms with van der Waals surface area (Å²) in [6, 6.07) is 10.2. The van der Waals surface area contributed by atoms with E-state index in [4.69, 9.17) is 24.2 Å². The summed E-state index contributed by atoms with van der Waals surface area (Å²) >= 11 is 0. The molecule has 6 aliphatic heterocycles. The number of Topliss-reactive ketones (excluding diaryl/α,β-unsaturated/α-hetero) is 1. The Morgan fingerprint density at radius 2 is 1.66 bits per heavy atom. The quantitative estimate of drug-likeness (QED) is 0.0923. The van der Waals surface area contributed by atoms with Gasteiger partial charge in [0.15, 0.2) is 11.4 Å². The first-order chi connectivity index (χ1) is 33.9. The highest BCUT2D eigenvalue weighted by atomic mass is 16.7. The van der Waals surface area contributed by atoms with Crippen molar-refractivity contribution in [2.24, 2.45) is 21.8 Å². The van der Waals surface area contributed by atoms with Gasteiger partial charge in [-0.05, 0) is 75.8 Å². The van der Waals surface area contributed by atoms with Gasteiger partial charge in [-0.1, -0.05) is 69.3 Å². The van der Waals surface area contributed by atoms with Crippen LogP contribution in [0.3, 0.4) is 0 Å². The lowest BCUT2D eigenvalue weighted by atomic mass is 9.93.